The molecule has 18 heavy (non-hydrogen) atoms. The molecule has 0 aliphatic carbocycles. The third-order valence-electron chi connectivity index (χ3n) is 2.99. The lowest BCUT2D eigenvalue weighted by Crippen LogP contribution is -2.45. The van der Waals surface area contributed by atoms with Gasteiger partial charge in [-0.05, 0) is 43.7 Å². The maximum Gasteiger partial charge on any atom is 0.240 e. The van der Waals surface area contributed by atoms with Gasteiger partial charge >= 0.3 is 0 Å². The first-order valence-corrected chi connectivity index (χ1v) is 7.47. The van der Waals surface area contributed by atoms with Crippen molar-refractivity contribution in [1.29, 1.82) is 0 Å². The maximum atomic E-state index is 12.1. The van der Waals surface area contributed by atoms with Crippen LogP contribution in [-0.4, -0.2) is 34.7 Å². The molecular weight excluding hydrogens is 252 g/mol. The monoisotopic (exact) mass is 270 g/mol. The van der Waals surface area contributed by atoms with Crippen molar-refractivity contribution in [3.63, 3.8) is 0 Å². The first-order valence-electron chi connectivity index (χ1n) is 5.99. The summed E-state index contributed by atoms with van der Waals surface area (Å²) < 4.78 is 32.0. The highest BCUT2D eigenvalue weighted by atomic mass is 32.2. The van der Waals surface area contributed by atoms with Crippen molar-refractivity contribution in [3.8, 4) is 5.75 Å². The lowest BCUT2D eigenvalue weighted by Gasteiger charge is -2.23. The summed E-state index contributed by atoms with van der Waals surface area (Å²) in [4.78, 5) is 0.272. The van der Waals surface area contributed by atoms with Gasteiger partial charge < -0.3 is 10.1 Å². The zero-order valence-electron chi connectivity index (χ0n) is 10.3. The summed E-state index contributed by atoms with van der Waals surface area (Å²) in [6.45, 7) is 1.65. The molecule has 0 spiro atoms. The van der Waals surface area contributed by atoms with E-state index in [1.54, 1.807) is 31.4 Å². The second-order valence-electron chi connectivity index (χ2n) is 4.34. The molecule has 5 nitrogen and oxygen atoms in total. The first kappa shape index (κ1) is 13.3. The van der Waals surface area contributed by atoms with Gasteiger partial charge in [0.15, 0.2) is 0 Å². The van der Waals surface area contributed by atoms with Crippen molar-refractivity contribution in [1.82, 2.24) is 10.0 Å². The van der Waals surface area contributed by atoms with Crippen molar-refractivity contribution in [2.45, 2.75) is 23.8 Å². The zero-order valence-corrected chi connectivity index (χ0v) is 11.2. The molecule has 1 saturated heterocycles. The van der Waals surface area contributed by atoms with E-state index in [-0.39, 0.29) is 10.9 Å². The lowest BCUT2D eigenvalue weighted by molar-refractivity contribution is 0.414. The Balaban J connectivity index is 2.08. The molecule has 2 rings (SSSR count). The van der Waals surface area contributed by atoms with Crippen molar-refractivity contribution >= 4 is 10.0 Å². The molecule has 100 valence electrons. The summed E-state index contributed by atoms with van der Waals surface area (Å²) in [6.07, 6.45) is 1.87. The van der Waals surface area contributed by atoms with Crippen molar-refractivity contribution in [3.05, 3.63) is 24.3 Å². The van der Waals surface area contributed by atoms with Crippen LogP contribution in [0.3, 0.4) is 0 Å². The van der Waals surface area contributed by atoms with Gasteiger partial charge in [-0.3, -0.25) is 0 Å². The van der Waals surface area contributed by atoms with Crippen LogP contribution in [0.2, 0.25) is 0 Å². The smallest absolute Gasteiger partial charge is 0.240 e. The highest BCUT2D eigenvalue weighted by molar-refractivity contribution is 7.89. The van der Waals surface area contributed by atoms with Crippen LogP contribution in [0.4, 0.5) is 0 Å². The molecule has 1 fully saturated rings. The highest BCUT2D eigenvalue weighted by Gasteiger charge is 2.21. The number of hydrogen-bond acceptors (Lipinski definition) is 4. The summed E-state index contributed by atoms with van der Waals surface area (Å²) in [6, 6.07) is 6.38. The van der Waals surface area contributed by atoms with Crippen LogP contribution in [0.5, 0.6) is 5.75 Å². The topological polar surface area (TPSA) is 67.4 Å². The quantitative estimate of drug-likeness (QED) is 0.846. The summed E-state index contributed by atoms with van der Waals surface area (Å²) in [7, 11) is -1.88. The van der Waals surface area contributed by atoms with Crippen LogP contribution >= 0.6 is 0 Å². The number of nitrogens with one attached hydrogen (secondary N) is 2. The van der Waals surface area contributed by atoms with Crippen LogP contribution in [-0.2, 0) is 10.0 Å². The minimum absolute atomic E-state index is 0.0224. The highest BCUT2D eigenvalue weighted by Crippen LogP contribution is 2.16. The van der Waals surface area contributed by atoms with Crippen LogP contribution in [0.25, 0.3) is 0 Å². The number of methoxy groups -OCH3 is 1. The van der Waals surface area contributed by atoms with E-state index in [0.717, 1.165) is 19.4 Å². The summed E-state index contributed by atoms with van der Waals surface area (Å²) in [5.74, 6) is 0.647. The van der Waals surface area contributed by atoms with Gasteiger partial charge in [-0.25, -0.2) is 13.1 Å². The third-order valence-corrected chi connectivity index (χ3v) is 4.52. The number of piperidine rings is 1. The number of ether oxygens (including phenoxy) is 1. The normalized spacial score (nSPS) is 20.6. The number of rotatable bonds is 4. The largest absolute Gasteiger partial charge is 0.497 e. The van der Waals surface area contributed by atoms with Crippen molar-refractivity contribution < 1.29 is 13.2 Å². The van der Waals surface area contributed by atoms with Crippen LogP contribution in [0, 0.1) is 0 Å². The van der Waals surface area contributed by atoms with Gasteiger partial charge in [-0.1, -0.05) is 0 Å². The van der Waals surface area contributed by atoms with Gasteiger partial charge in [-0.2, -0.15) is 0 Å². The van der Waals surface area contributed by atoms with E-state index >= 15 is 0 Å². The van der Waals surface area contributed by atoms with E-state index in [0.29, 0.717) is 12.3 Å². The fraction of sp³-hybridized carbons (Fsp3) is 0.500. The van der Waals surface area contributed by atoms with Crippen molar-refractivity contribution in [2.75, 3.05) is 20.2 Å². The van der Waals surface area contributed by atoms with Crippen LogP contribution in [0.15, 0.2) is 29.2 Å². The Morgan fingerprint density at radius 3 is 2.61 bits per heavy atom. The molecule has 0 aromatic heterocycles. The van der Waals surface area contributed by atoms with E-state index in [1.807, 2.05) is 0 Å². The lowest BCUT2D eigenvalue weighted by atomic mass is 10.1. The Morgan fingerprint density at radius 2 is 2.06 bits per heavy atom. The Morgan fingerprint density at radius 1 is 1.33 bits per heavy atom. The Kier molecular flexibility index (Phi) is 4.21. The van der Waals surface area contributed by atoms with Gasteiger partial charge in [-0.15, -0.1) is 0 Å². The molecule has 0 amide bonds. The molecule has 1 aliphatic heterocycles. The number of hydrogen-bond donors (Lipinski definition) is 2. The predicted molar refractivity (Wildman–Crippen MR) is 69.2 cm³/mol. The molecule has 1 aliphatic rings. The van der Waals surface area contributed by atoms with E-state index in [2.05, 4.69) is 10.0 Å². The fourth-order valence-corrected chi connectivity index (χ4v) is 3.27. The van der Waals surface area contributed by atoms with E-state index in [9.17, 15) is 8.42 Å². The molecule has 1 heterocycles. The molecule has 1 aromatic carbocycles. The fourth-order valence-electron chi connectivity index (χ4n) is 1.99. The Hall–Kier alpha value is -1.11. The second-order valence-corrected chi connectivity index (χ2v) is 6.05. The minimum atomic E-state index is -3.43. The average molecular weight is 270 g/mol. The molecule has 0 radical (unpaired) electrons. The Bertz CT molecular complexity index is 479. The van der Waals surface area contributed by atoms with E-state index in [1.165, 1.54) is 0 Å². The zero-order chi connectivity index (χ0) is 13.0. The summed E-state index contributed by atoms with van der Waals surface area (Å²) >= 11 is 0. The van der Waals surface area contributed by atoms with Gasteiger partial charge in [0.25, 0.3) is 0 Å². The van der Waals surface area contributed by atoms with E-state index < -0.39 is 10.0 Å². The molecule has 0 unspecified atom stereocenters. The van der Waals surface area contributed by atoms with Gasteiger partial charge in [0.05, 0.1) is 12.0 Å². The molecule has 0 saturated carbocycles. The van der Waals surface area contributed by atoms with Gasteiger partial charge in [0.2, 0.25) is 10.0 Å². The maximum absolute atomic E-state index is 12.1. The molecule has 1 aromatic rings. The Labute approximate surface area is 108 Å². The van der Waals surface area contributed by atoms with E-state index in [4.69, 9.17) is 4.74 Å². The SMILES string of the molecule is COc1ccc(S(=O)(=O)N[C@@H]2CCCNC2)cc1. The van der Waals surface area contributed by atoms with Crippen molar-refractivity contribution in [2.24, 2.45) is 0 Å². The molecule has 6 heteroatoms. The third kappa shape index (κ3) is 3.22. The summed E-state index contributed by atoms with van der Waals surface area (Å²) in [5, 5.41) is 3.18. The molecule has 1 atom stereocenters. The number of benzene rings is 1. The first-order chi connectivity index (χ1) is 8.62. The predicted octanol–water partition coefficient (Wildman–Crippen LogP) is 0.725. The summed E-state index contributed by atoms with van der Waals surface area (Å²) in [5.41, 5.74) is 0. The second kappa shape index (κ2) is 5.69. The molecular formula is C12H18N2O3S. The molecule has 0 bridgehead atoms. The van der Waals surface area contributed by atoms with Crippen LogP contribution in [0.1, 0.15) is 12.8 Å². The molecule has 2 N–H and O–H groups in total. The minimum Gasteiger partial charge on any atom is -0.497 e. The van der Waals surface area contributed by atoms with Gasteiger partial charge in [0, 0.05) is 12.6 Å². The standard InChI is InChI=1S/C12H18N2O3S/c1-17-11-4-6-12(7-5-11)18(15,16)14-10-3-2-8-13-9-10/h4-7,10,13-14H,2-3,8-9H2,1H3/t10-/m1/s1. The average Bonchev–Trinajstić information content (AvgIpc) is 2.39. The van der Waals surface area contributed by atoms with Gasteiger partial charge in [0.1, 0.15) is 5.75 Å². The number of sulfonamides is 1. The van der Waals surface area contributed by atoms with Crippen LogP contribution < -0.4 is 14.8 Å².